The summed E-state index contributed by atoms with van der Waals surface area (Å²) in [4.78, 5) is 0. The van der Waals surface area contributed by atoms with Gasteiger partial charge in [0, 0.05) is 12.0 Å². The average Bonchev–Trinajstić information content (AvgIpc) is 2.78. The monoisotopic (exact) mass is 324 g/mol. The zero-order valence-corrected chi connectivity index (χ0v) is 12.7. The van der Waals surface area contributed by atoms with Crippen molar-refractivity contribution in [1.29, 1.82) is 0 Å². The fourth-order valence-electron chi connectivity index (χ4n) is 2.16. The molecule has 0 spiro atoms. The maximum absolute atomic E-state index is 11.3. The summed E-state index contributed by atoms with van der Waals surface area (Å²) in [5.41, 5.74) is 0. The van der Waals surface area contributed by atoms with Crippen LogP contribution in [0.15, 0.2) is 11.5 Å². The first kappa shape index (κ1) is 14.7. The molecule has 2 aliphatic heterocycles. The fourth-order valence-corrected chi connectivity index (χ4v) is 5.49. The molecule has 9 heteroatoms. The Balaban J connectivity index is 1.73. The number of hydrogen-bond acceptors (Lipinski definition) is 5. The van der Waals surface area contributed by atoms with Crippen molar-refractivity contribution >= 4 is 37.0 Å². The number of hydrogen-bond donors (Lipinski definition) is 2. The van der Waals surface area contributed by atoms with Gasteiger partial charge in [0.2, 0.25) is 0 Å². The molecule has 0 aromatic rings. The third-order valence-corrected chi connectivity index (χ3v) is 6.62. The molecule has 0 aliphatic carbocycles. The van der Waals surface area contributed by atoms with E-state index in [1.807, 2.05) is 0 Å². The van der Waals surface area contributed by atoms with Crippen LogP contribution in [0.4, 0.5) is 0 Å². The van der Waals surface area contributed by atoms with E-state index in [2.05, 4.69) is 10.6 Å². The summed E-state index contributed by atoms with van der Waals surface area (Å²) >= 11 is 5.06. The number of thiocarbonyl (C=S) groups is 1. The van der Waals surface area contributed by atoms with Gasteiger partial charge in [-0.1, -0.05) is 0 Å². The molecule has 2 aliphatic rings. The van der Waals surface area contributed by atoms with E-state index in [4.69, 9.17) is 12.2 Å². The van der Waals surface area contributed by atoms with Crippen molar-refractivity contribution in [2.24, 2.45) is 5.92 Å². The molecule has 6 nitrogen and oxygen atoms in total. The van der Waals surface area contributed by atoms with Gasteiger partial charge in [0.25, 0.3) is 0 Å². The third-order valence-electron chi connectivity index (χ3n) is 3.12. The summed E-state index contributed by atoms with van der Waals surface area (Å²) in [6.45, 7) is 0.494. The number of nitrogens with one attached hydrogen (secondary N) is 2. The Bertz CT molecular complexity index is 594. The SMILES string of the molecule is O=S1(=O)C=CC(NC(=S)NCC2CCS(=O)(=O)C2)C1. The molecule has 2 rings (SSSR count). The highest BCUT2D eigenvalue weighted by atomic mass is 32.2. The lowest BCUT2D eigenvalue weighted by Gasteiger charge is -2.16. The topological polar surface area (TPSA) is 92.3 Å². The van der Waals surface area contributed by atoms with Gasteiger partial charge in [-0.3, -0.25) is 0 Å². The summed E-state index contributed by atoms with van der Waals surface area (Å²) in [5, 5.41) is 7.36. The maximum Gasteiger partial charge on any atom is 0.173 e. The Kier molecular flexibility index (Phi) is 4.17. The van der Waals surface area contributed by atoms with E-state index in [9.17, 15) is 16.8 Å². The lowest BCUT2D eigenvalue weighted by Crippen LogP contribution is -2.43. The van der Waals surface area contributed by atoms with E-state index in [1.165, 1.54) is 5.41 Å². The van der Waals surface area contributed by atoms with Crippen molar-refractivity contribution in [3.63, 3.8) is 0 Å². The van der Waals surface area contributed by atoms with Gasteiger partial charge < -0.3 is 10.6 Å². The molecule has 0 aromatic carbocycles. The first-order valence-electron chi connectivity index (χ1n) is 5.91. The van der Waals surface area contributed by atoms with Crippen LogP contribution in [0.3, 0.4) is 0 Å². The Morgan fingerprint density at radius 2 is 2.00 bits per heavy atom. The Labute approximate surface area is 118 Å². The summed E-state index contributed by atoms with van der Waals surface area (Å²) in [6, 6.07) is -0.308. The molecule has 19 heavy (non-hydrogen) atoms. The molecule has 108 valence electrons. The van der Waals surface area contributed by atoms with Gasteiger partial charge in [0.05, 0.1) is 23.3 Å². The molecule has 1 saturated heterocycles. The predicted molar refractivity (Wildman–Crippen MR) is 77.2 cm³/mol. The van der Waals surface area contributed by atoms with Crippen molar-refractivity contribution < 1.29 is 16.8 Å². The molecule has 0 radical (unpaired) electrons. The highest BCUT2D eigenvalue weighted by Crippen LogP contribution is 2.17. The predicted octanol–water partition coefficient (Wildman–Crippen LogP) is -0.804. The molecule has 0 bridgehead atoms. The van der Waals surface area contributed by atoms with Gasteiger partial charge in [-0.05, 0) is 30.6 Å². The van der Waals surface area contributed by atoms with Gasteiger partial charge in [-0.15, -0.1) is 0 Å². The zero-order chi connectivity index (χ0) is 14.1. The average molecular weight is 324 g/mol. The normalized spacial score (nSPS) is 31.2. The van der Waals surface area contributed by atoms with Gasteiger partial charge in [-0.2, -0.15) is 0 Å². The minimum absolute atomic E-state index is 0.00658. The Morgan fingerprint density at radius 1 is 1.26 bits per heavy atom. The molecule has 2 atom stereocenters. The summed E-state index contributed by atoms with van der Waals surface area (Å²) in [7, 11) is -5.97. The highest BCUT2D eigenvalue weighted by molar-refractivity contribution is 7.94. The van der Waals surface area contributed by atoms with Crippen LogP contribution in [0, 0.1) is 5.92 Å². The van der Waals surface area contributed by atoms with Crippen molar-refractivity contribution in [1.82, 2.24) is 10.6 Å². The van der Waals surface area contributed by atoms with Crippen molar-refractivity contribution in [2.45, 2.75) is 12.5 Å². The van der Waals surface area contributed by atoms with E-state index in [0.29, 0.717) is 18.1 Å². The molecule has 0 aromatic heterocycles. The molecule has 2 N–H and O–H groups in total. The van der Waals surface area contributed by atoms with Crippen LogP contribution in [0.5, 0.6) is 0 Å². The van der Waals surface area contributed by atoms with Crippen LogP contribution in [0.25, 0.3) is 0 Å². The van der Waals surface area contributed by atoms with Crippen LogP contribution in [0.1, 0.15) is 6.42 Å². The van der Waals surface area contributed by atoms with E-state index in [1.54, 1.807) is 6.08 Å². The minimum atomic E-state index is -3.10. The molecule has 0 saturated carbocycles. The second-order valence-electron chi connectivity index (χ2n) is 4.89. The van der Waals surface area contributed by atoms with Crippen molar-refractivity contribution in [3.8, 4) is 0 Å². The van der Waals surface area contributed by atoms with Gasteiger partial charge in [0.15, 0.2) is 24.8 Å². The Hall–Kier alpha value is -0.670. The first-order valence-corrected chi connectivity index (χ1v) is 9.86. The maximum atomic E-state index is 11.3. The standard InChI is InChI=1S/C10H16N2O4S3/c13-18(14)3-1-8(6-18)5-11-10(17)12-9-2-4-19(15,16)7-9/h2,4,8-9H,1,3,5-7H2,(H2,11,12,17). The van der Waals surface area contributed by atoms with Crippen LogP contribution in [-0.4, -0.2) is 51.8 Å². The second-order valence-corrected chi connectivity index (χ2v) is 9.46. The first-order chi connectivity index (χ1) is 8.76. The number of rotatable bonds is 3. The van der Waals surface area contributed by atoms with Gasteiger partial charge in [-0.25, -0.2) is 16.8 Å². The van der Waals surface area contributed by atoms with E-state index >= 15 is 0 Å². The molecule has 2 heterocycles. The highest BCUT2D eigenvalue weighted by Gasteiger charge is 2.28. The molecule has 0 amide bonds. The van der Waals surface area contributed by atoms with E-state index in [-0.39, 0.29) is 29.2 Å². The molecular formula is C10H16N2O4S3. The van der Waals surface area contributed by atoms with Crippen LogP contribution in [-0.2, 0) is 19.7 Å². The van der Waals surface area contributed by atoms with Crippen LogP contribution >= 0.6 is 12.2 Å². The van der Waals surface area contributed by atoms with Crippen molar-refractivity contribution in [3.05, 3.63) is 11.5 Å². The zero-order valence-electron chi connectivity index (χ0n) is 10.2. The van der Waals surface area contributed by atoms with Crippen LogP contribution < -0.4 is 10.6 Å². The molecule has 1 fully saturated rings. The lowest BCUT2D eigenvalue weighted by atomic mass is 10.1. The van der Waals surface area contributed by atoms with E-state index in [0.717, 1.165) is 0 Å². The largest absolute Gasteiger partial charge is 0.362 e. The molecule has 2 unspecified atom stereocenters. The fraction of sp³-hybridized carbons (Fsp3) is 0.700. The lowest BCUT2D eigenvalue weighted by molar-refractivity contribution is 0.568. The van der Waals surface area contributed by atoms with Gasteiger partial charge in [0.1, 0.15) is 0 Å². The van der Waals surface area contributed by atoms with Crippen LogP contribution in [0.2, 0.25) is 0 Å². The molecular weight excluding hydrogens is 308 g/mol. The van der Waals surface area contributed by atoms with E-state index < -0.39 is 19.7 Å². The summed E-state index contributed by atoms with van der Waals surface area (Å²) in [6.07, 6.45) is 2.21. The summed E-state index contributed by atoms with van der Waals surface area (Å²) in [5.74, 6) is 0.517. The minimum Gasteiger partial charge on any atom is -0.362 e. The Morgan fingerprint density at radius 3 is 2.53 bits per heavy atom. The number of sulfone groups is 2. The quantitative estimate of drug-likeness (QED) is 0.656. The third kappa shape index (κ3) is 4.43. The second kappa shape index (κ2) is 5.37. The van der Waals surface area contributed by atoms with Crippen molar-refractivity contribution in [2.75, 3.05) is 23.8 Å². The smallest absolute Gasteiger partial charge is 0.173 e. The summed E-state index contributed by atoms with van der Waals surface area (Å²) < 4.78 is 45.0. The van der Waals surface area contributed by atoms with Gasteiger partial charge >= 0.3 is 0 Å².